The number of benzene rings is 1. The number of hydrogen-bond donors (Lipinski definition) is 1. The van der Waals surface area contributed by atoms with E-state index in [1.807, 2.05) is 30.5 Å². The molecule has 1 amide bonds. The first-order chi connectivity index (χ1) is 12.0. The third-order valence-corrected chi connectivity index (χ3v) is 6.71. The maximum atomic E-state index is 12.8. The average molecular weight is 340 g/mol. The molecule has 3 atom stereocenters. The molecular weight excluding hydrogens is 314 g/mol. The van der Waals surface area contributed by atoms with E-state index >= 15 is 0 Å². The number of primary amides is 1. The molecule has 2 N–H and O–H groups in total. The van der Waals surface area contributed by atoms with Crippen molar-refractivity contribution in [2.75, 3.05) is 13.6 Å². The number of ketones is 1. The van der Waals surface area contributed by atoms with Gasteiger partial charge in [-0.25, -0.2) is 0 Å². The van der Waals surface area contributed by atoms with Gasteiger partial charge in [-0.3, -0.25) is 19.0 Å². The quantitative estimate of drug-likeness (QED) is 0.678. The number of quaternary nitrogens is 1. The Morgan fingerprint density at radius 1 is 1.24 bits per heavy atom. The molecule has 0 aromatic heterocycles. The maximum Gasteiger partial charge on any atom is 0.258 e. The number of nitrogens with two attached hydrogens (primary N) is 1. The fourth-order valence-electron chi connectivity index (χ4n) is 5.29. The van der Waals surface area contributed by atoms with Gasteiger partial charge in [0, 0.05) is 31.0 Å². The SMILES string of the molecule is CC[N+]1(C2CC3CCC(C2)N3C)C=C(C(N)=O)C(=O)c2ccccc21. The monoisotopic (exact) mass is 340 g/mol. The number of amides is 1. The van der Waals surface area contributed by atoms with Gasteiger partial charge in [-0.05, 0) is 32.9 Å². The zero-order chi connectivity index (χ0) is 17.8. The number of piperidine rings is 1. The maximum absolute atomic E-state index is 12.8. The lowest BCUT2D eigenvalue weighted by Gasteiger charge is -2.48. The molecule has 0 radical (unpaired) electrons. The number of hydrogen-bond acceptors (Lipinski definition) is 3. The van der Waals surface area contributed by atoms with Gasteiger partial charge in [0.15, 0.2) is 0 Å². The summed E-state index contributed by atoms with van der Waals surface area (Å²) in [7, 11) is 2.23. The van der Waals surface area contributed by atoms with Gasteiger partial charge in [-0.2, -0.15) is 0 Å². The molecule has 0 aliphatic carbocycles. The zero-order valence-electron chi connectivity index (χ0n) is 14.9. The van der Waals surface area contributed by atoms with Crippen LogP contribution in [0, 0.1) is 0 Å². The second kappa shape index (κ2) is 5.78. The number of rotatable bonds is 3. The summed E-state index contributed by atoms with van der Waals surface area (Å²) in [4.78, 5) is 27.2. The van der Waals surface area contributed by atoms with Crippen molar-refractivity contribution in [2.24, 2.45) is 5.73 Å². The van der Waals surface area contributed by atoms with E-state index in [9.17, 15) is 9.59 Å². The van der Waals surface area contributed by atoms with Crippen LogP contribution in [0.3, 0.4) is 0 Å². The first kappa shape index (κ1) is 16.5. The second-order valence-corrected chi connectivity index (χ2v) is 7.68. The van der Waals surface area contributed by atoms with E-state index < -0.39 is 5.91 Å². The summed E-state index contributed by atoms with van der Waals surface area (Å²) in [5, 5.41) is 0. The molecule has 5 heteroatoms. The fraction of sp³-hybridized carbons (Fsp3) is 0.500. The number of Topliss-reactive ketones (excluding diaryl/α,β-unsaturated/α-hetero) is 1. The molecule has 0 saturated carbocycles. The summed E-state index contributed by atoms with van der Waals surface area (Å²) in [6.07, 6.45) is 6.53. The summed E-state index contributed by atoms with van der Waals surface area (Å²) in [6, 6.07) is 9.30. The number of fused-ring (bicyclic) bond motifs is 3. The minimum absolute atomic E-state index is 0.145. The molecule has 5 nitrogen and oxygen atoms in total. The van der Waals surface area contributed by atoms with Crippen molar-refractivity contribution in [1.82, 2.24) is 9.38 Å². The predicted octanol–water partition coefficient (Wildman–Crippen LogP) is 2.20. The molecule has 0 spiro atoms. The average Bonchev–Trinajstić information content (AvgIpc) is 2.83. The van der Waals surface area contributed by atoms with Crippen LogP contribution in [0.15, 0.2) is 36.0 Å². The lowest BCUT2D eigenvalue weighted by Crippen LogP contribution is -2.60. The van der Waals surface area contributed by atoms with Gasteiger partial charge in [-0.1, -0.05) is 12.1 Å². The lowest BCUT2D eigenvalue weighted by molar-refractivity contribution is -0.114. The molecule has 1 aromatic carbocycles. The van der Waals surface area contributed by atoms with Crippen LogP contribution in [-0.4, -0.2) is 48.3 Å². The molecule has 1 aromatic rings. The molecular formula is C20H26N3O2+. The van der Waals surface area contributed by atoms with Gasteiger partial charge < -0.3 is 5.73 Å². The molecule has 3 heterocycles. The van der Waals surface area contributed by atoms with Crippen LogP contribution in [0.25, 0.3) is 0 Å². The van der Waals surface area contributed by atoms with Crippen molar-refractivity contribution in [3.05, 3.63) is 41.6 Å². The standard InChI is InChI=1S/C20H25N3O2/c1-3-23(15-10-13-8-9-14(11-15)22(13)2)12-17(20(21)25)19(24)16-6-4-5-7-18(16)23/h4-7,12-15H,3,8-11H2,1-2H3,(H-,21,25)/p+1. The summed E-state index contributed by atoms with van der Waals surface area (Å²) < 4.78 is 0.570. The van der Waals surface area contributed by atoms with Gasteiger partial charge >= 0.3 is 0 Å². The Kier molecular flexibility index (Phi) is 3.81. The molecule has 4 rings (SSSR count). The number of carbonyl (C=O) groups excluding carboxylic acids is 2. The third kappa shape index (κ3) is 2.29. The van der Waals surface area contributed by atoms with Crippen molar-refractivity contribution in [2.45, 2.75) is 50.7 Å². The van der Waals surface area contributed by atoms with E-state index in [0.29, 0.717) is 28.2 Å². The fourth-order valence-corrected chi connectivity index (χ4v) is 5.29. The Balaban J connectivity index is 1.86. The topological polar surface area (TPSA) is 63.4 Å². The van der Waals surface area contributed by atoms with Gasteiger partial charge in [0.25, 0.3) is 5.91 Å². The van der Waals surface area contributed by atoms with E-state index in [1.165, 1.54) is 12.8 Å². The van der Waals surface area contributed by atoms with Crippen molar-refractivity contribution in [3.8, 4) is 0 Å². The molecule has 2 bridgehead atoms. The van der Waals surface area contributed by atoms with E-state index in [-0.39, 0.29) is 11.4 Å². The molecule has 2 fully saturated rings. The lowest BCUT2D eigenvalue weighted by atomic mass is 9.88. The van der Waals surface area contributed by atoms with E-state index in [0.717, 1.165) is 25.1 Å². The smallest absolute Gasteiger partial charge is 0.258 e. The van der Waals surface area contributed by atoms with Gasteiger partial charge in [0.2, 0.25) is 5.78 Å². The minimum Gasteiger partial charge on any atom is -0.365 e. The van der Waals surface area contributed by atoms with E-state index in [4.69, 9.17) is 5.73 Å². The third-order valence-electron chi connectivity index (χ3n) is 6.71. The highest BCUT2D eigenvalue weighted by atomic mass is 16.2. The Hall–Kier alpha value is -1.98. The number of nitrogens with zero attached hydrogens (tertiary/aromatic N) is 2. The highest BCUT2D eigenvalue weighted by molar-refractivity contribution is 6.27. The first-order valence-corrected chi connectivity index (χ1v) is 9.24. The number of para-hydroxylation sites is 1. The van der Waals surface area contributed by atoms with Crippen molar-refractivity contribution in [1.29, 1.82) is 0 Å². The van der Waals surface area contributed by atoms with Crippen LogP contribution in [0.5, 0.6) is 0 Å². The highest BCUT2D eigenvalue weighted by Gasteiger charge is 2.50. The van der Waals surface area contributed by atoms with Gasteiger partial charge in [-0.15, -0.1) is 0 Å². The molecule has 3 aliphatic rings. The summed E-state index contributed by atoms with van der Waals surface area (Å²) >= 11 is 0. The van der Waals surface area contributed by atoms with Crippen LogP contribution >= 0.6 is 0 Å². The largest absolute Gasteiger partial charge is 0.365 e. The molecule has 2 saturated heterocycles. The normalized spacial score (nSPS) is 34.6. The zero-order valence-corrected chi connectivity index (χ0v) is 14.9. The second-order valence-electron chi connectivity index (χ2n) is 7.68. The van der Waals surface area contributed by atoms with Gasteiger partial charge in [0.05, 0.1) is 12.1 Å². The minimum atomic E-state index is -0.619. The Morgan fingerprint density at radius 3 is 2.48 bits per heavy atom. The highest BCUT2D eigenvalue weighted by Crippen LogP contribution is 2.44. The predicted molar refractivity (Wildman–Crippen MR) is 98.0 cm³/mol. The molecule has 132 valence electrons. The van der Waals surface area contributed by atoms with E-state index in [2.05, 4.69) is 18.9 Å². The van der Waals surface area contributed by atoms with Crippen LogP contribution in [0.2, 0.25) is 0 Å². The van der Waals surface area contributed by atoms with Crippen LogP contribution in [0.4, 0.5) is 5.69 Å². The van der Waals surface area contributed by atoms with Crippen LogP contribution < -0.4 is 10.2 Å². The first-order valence-electron chi connectivity index (χ1n) is 9.24. The van der Waals surface area contributed by atoms with Crippen LogP contribution in [0.1, 0.15) is 43.0 Å². The van der Waals surface area contributed by atoms with Gasteiger partial charge in [0.1, 0.15) is 23.5 Å². The summed E-state index contributed by atoms with van der Waals surface area (Å²) in [5.74, 6) is -0.854. The summed E-state index contributed by atoms with van der Waals surface area (Å²) in [6.45, 7) is 2.96. The Bertz CT molecular complexity index is 758. The number of carbonyl (C=O) groups is 2. The van der Waals surface area contributed by atoms with Crippen molar-refractivity contribution < 1.29 is 9.59 Å². The molecule has 3 unspecified atom stereocenters. The van der Waals surface area contributed by atoms with E-state index in [1.54, 1.807) is 0 Å². The molecule has 3 aliphatic heterocycles. The van der Waals surface area contributed by atoms with Crippen molar-refractivity contribution in [3.63, 3.8) is 0 Å². The van der Waals surface area contributed by atoms with Crippen LogP contribution in [-0.2, 0) is 4.79 Å². The Labute approximate surface area is 148 Å². The Morgan fingerprint density at radius 2 is 1.88 bits per heavy atom. The summed E-state index contributed by atoms with van der Waals surface area (Å²) in [5.41, 5.74) is 7.36. The molecule has 25 heavy (non-hydrogen) atoms. The van der Waals surface area contributed by atoms with Crippen molar-refractivity contribution >= 4 is 17.4 Å².